The Balaban J connectivity index is 2.36. The van der Waals surface area contributed by atoms with Crippen molar-refractivity contribution < 1.29 is 19.4 Å². The lowest BCUT2D eigenvalue weighted by molar-refractivity contribution is -0.139. The number of carboxylic acid groups (broad SMARTS) is 1. The number of amides is 1. The number of carboxylic acids is 1. The van der Waals surface area contributed by atoms with E-state index in [0.29, 0.717) is 19.4 Å². The molecule has 20 heavy (non-hydrogen) atoms. The molecule has 1 aromatic carbocycles. The minimum absolute atomic E-state index is 0.113. The minimum atomic E-state index is -1.07. The number of hydrogen-bond acceptors (Lipinski definition) is 4. The van der Waals surface area contributed by atoms with Gasteiger partial charge in [0.05, 0.1) is 0 Å². The Bertz CT molecular complexity index is 422. The molecule has 0 saturated heterocycles. The second kappa shape index (κ2) is 8.92. The van der Waals surface area contributed by atoms with E-state index in [9.17, 15) is 9.59 Å². The summed E-state index contributed by atoms with van der Waals surface area (Å²) in [4.78, 5) is 22.5. The predicted molar refractivity (Wildman–Crippen MR) is 74.1 cm³/mol. The molecule has 0 aliphatic heterocycles. The SMILES string of the molecule is [15NH2][13CH2][13CH2][13CH2][13CH2][13C@H]([15NH]C(=O)OCc1ccccc1)[13C](=O)O. The molecule has 0 spiro atoms. The molecule has 6 heteroatoms. The number of carbonyl (C=O) groups is 2. The number of benzene rings is 1. The average Bonchev–Trinajstić information content (AvgIpc) is 2.45. The van der Waals surface area contributed by atoms with Crippen LogP contribution in [0.2, 0.25) is 0 Å². The van der Waals surface area contributed by atoms with Gasteiger partial charge in [-0.1, -0.05) is 30.3 Å². The molecule has 1 amide bonds. The number of aliphatic carboxylic acids is 1. The quantitative estimate of drug-likeness (QED) is 0.382. The summed E-state index contributed by atoms with van der Waals surface area (Å²) in [5, 5.41) is 11.3. The van der Waals surface area contributed by atoms with Crippen molar-refractivity contribution in [2.45, 2.75) is 31.9 Å². The van der Waals surface area contributed by atoms with Gasteiger partial charge in [-0.3, -0.25) is 0 Å². The maximum atomic E-state index is 11.5. The molecule has 0 radical (unpaired) electrons. The van der Waals surface area contributed by atoms with Gasteiger partial charge in [0.15, 0.2) is 0 Å². The molecule has 110 valence electrons. The number of unbranched alkanes of at least 4 members (excludes halogenated alkanes) is 1. The van der Waals surface area contributed by atoms with Crippen LogP contribution in [0, 0.1) is 0 Å². The number of carbonyl (C=O) groups excluding carboxylic acids is 1. The van der Waals surface area contributed by atoms with Crippen LogP contribution in [0.4, 0.5) is 4.79 Å². The van der Waals surface area contributed by atoms with Crippen molar-refractivity contribution in [3.05, 3.63) is 35.9 Å². The third kappa shape index (κ3) is 6.19. The number of nitrogens with two attached hydrogens (primary N) is 1. The lowest BCUT2D eigenvalue weighted by atomic mass is 10.2. The molecular formula is C14H20N2O4. The van der Waals surface area contributed by atoms with Crippen LogP contribution in [0.15, 0.2) is 30.3 Å². The Morgan fingerprint density at radius 3 is 2.55 bits per heavy atom. The first-order chi connectivity index (χ1) is 9.63. The van der Waals surface area contributed by atoms with E-state index in [0.717, 1.165) is 12.0 Å². The second-order valence-electron chi connectivity index (χ2n) is 4.38. The van der Waals surface area contributed by atoms with Crippen LogP contribution in [0.3, 0.4) is 0 Å². The molecule has 0 fully saturated rings. The molecule has 0 heterocycles. The van der Waals surface area contributed by atoms with Crippen molar-refractivity contribution in [1.29, 1.82) is 0 Å². The third-order valence-corrected chi connectivity index (χ3v) is 2.75. The zero-order valence-electron chi connectivity index (χ0n) is 11.2. The van der Waals surface area contributed by atoms with Gasteiger partial charge >= 0.3 is 12.1 Å². The van der Waals surface area contributed by atoms with Gasteiger partial charge in [0.2, 0.25) is 0 Å². The molecule has 0 aliphatic rings. The minimum Gasteiger partial charge on any atom is -0.480 e. The summed E-state index contributed by atoms with van der Waals surface area (Å²) in [6, 6.07) is 8.24. The molecule has 0 bridgehead atoms. The van der Waals surface area contributed by atoms with Crippen LogP contribution in [-0.2, 0) is 16.1 Å². The lowest BCUT2D eigenvalue weighted by Crippen LogP contribution is -2.41. The first-order valence-electron chi connectivity index (χ1n) is 6.53. The van der Waals surface area contributed by atoms with E-state index < -0.39 is 18.1 Å². The molecule has 1 rings (SSSR count). The van der Waals surface area contributed by atoms with Crippen molar-refractivity contribution in [3.8, 4) is 0 Å². The van der Waals surface area contributed by atoms with Gasteiger partial charge in [0, 0.05) is 0 Å². The molecule has 1 aromatic rings. The van der Waals surface area contributed by atoms with Crippen LogP contribution >= 0.6 is 0 Å². The summed E-state index contributed by atoms with van der Waals surface area (Å²) in [5.74, 6) is -1.07. The highest BCUT2D eigenvalue weighted by Gasteiger charge is 2.19. The number of ether oxygens (including phenoxy) is 1. The van der Waals surface area contributed by atoms with E-state index in [4.69, 9.17) is 15.6 Å². The highest BCUT2D eigenvalue weighted by Crippen LogP contribution is 2.03. The lowest BCUT2D eigenvalue weighted by Gasteiger charge is -2.14. The van der Waals surface area contributed by atoms with Crippen LogP contribution < -0.4 is 11.1 Å². The third-order valence-electron chi connectivity index (χ3n) is 2.75. The summed E-state index contributed by atoms with van der Waals surface area (Å²) in [5.41, 5.74) is 6.19. The summed E-state index contributed by atoms with van der Waals surface area (Å²) in [6.07, 6.45) is 0.984. The maximum Gasteiger partial charge on any atom is 0.408 e. The fourth-order valence-corrected chi connectivity index (χ4v) is 1.66. The zero-order chi connectivity index (χ0) is 14.8. The predicted octanol–water partition coefficient (Wildman–Crippen LogP) is 1.49. The Morgan fingerprint density at radius 1 is 1.25 bits per heavy atom. The number of hydrogen-bond donors (Lipinski definition) is 3. The molecule has 6 nitrogen and oxygen atoms in total. The topological polar surface area (TPSA) is 102 Å². The van der Waals surface area contributed by atoms with Gasteiger partial charge in [-0.15, -0.1) is 0 Å². The average molecular weight is 288 g/mol. The molecular weight excluding hydrogens is 268 g/mol. The van der Waals surface area contributed by atoms with Crippen LogP contribution in [-0.4, -0.2) is 29.8 Å². The maximum absolute atomic E-state index is 11.5. The summed E-state index contributed by atoms with van der Waals surface area (Å²) < 4.78 is 4.98. The zero-order valence-corrected chi connectivity index (χ0v) is 11.2. The van der Waals surface area contributed by atoms with Gasteiger partial charge in [-0.2, -0.15) is 0 Å². The smallest absolute Gasteiger partial charge is 0.408 e. The fraction of sp³-hybridized carbons (Fsp3) is 0.429. The van der Waals surface area contributed by atoms with Crippen molar-refractivity contribution in [3.63, 3.8) is 0 Å². The highest BCUT2D eigenvalue weighted by molar-refractivity contribution is 5.79. The number of alkyl carbamates (subject to hydrolysis) is 1. The monoisotopic (exact) mass is 288 g/mol. The standard InChI is InChI=1S/C14H20N2O4/c15-9-5-4-8-12(13(17)18)16-14(19)20-10-11-6-2-1-3-7-11/h1-3,6-7,12H,4-5,8-10,15H2,(H,16,19)(H,17,18)/t12-/m0/s1/i4+1,5+1,8+1,9+1,12+1,13+1,15+1,16+1. The Kier molecular flexibility index (Phi) is 7.13. The first-order valence-corrected chi connectivity index (χ1v) is 6.53. The number of rotatable bonds is 8. The van der Waals surface area contributed by atoms with Gasteiger partial charge in [0.1, 0.15) is 12.6 Å². The van der Waals surface area contributed by atoms with Crippen molar-refractivity contribution in [1.82, 2.24) is 5.32 Å². The fourth-order valence-electron chi connectivity index (χ4n) is 1.66. The first kappa shape index (κ1) is 16.0. The van der Waals surface area contributed by atoms with Gasteiger partial charge in [0.25, 0.3) is 0 Å². The highest BCUT2D eigenvalue weighted by atomic mass is 16.6. The van der Waals surface area contributed by atoms with Crippen molar-refractivity contribution >= 4 is 12.1 Å². The summed E-state index contributed by atoms with van der Waals surface area (Å²) in [7, 11) is 0. The van der Waals surface area contributed by atoms with Crippen molar-refractivity contribution in [2.75, 3.05) is 6.54 Å². The Morgan fingerprint density at radius 2 is 1.95 bits per heavy atom. The van der Waals surface area contributed by atoms with Gasteiger partial charge in [-0.25, -0.2) is 9.59 Å². The summed E-state index contributed by atoms with van der Waals surface area (Å²) >= 11 is 0. The van der Waals surface area contributed by atoms with Gasteiger partial charge in [-0.05, 0) is 31.4 Å². The van der Waals surface area contributed by atoms with Crippen LogP contribution in [0.1, 0.15) is 24.8 Å². The molecule has 1 atom stereocenters. The molecule has 0 saturated carbocycles. The van der Waals surface area contributed by atoms with E-state index in [1.165, 1.54) is 0 Å². The molecule has 0 aliphatic carbocycles. The summed E-state index contributed by atoms with van der Waals surface area (Å²) in [6.45, 7) is 0.618. The molecule has 4 N–H and O–H groups in total. The largest absolute Gasteiger partial charge is 0.480 e. The normalized spacial score (nSPS) is 11.7. The molecule has 0 aromatic heterocycles. The van der Waals surface area contributed by atoms with Crippen LogP contribution in [0.25, 0.3) is 0 Å². The van der Waals surface area contributed by atoms with Crippen molar-refractivity contribution in [2.24, 2.45) is 5.73 Å². The second-order valence-corrected chi connectivity index (χ2v) is 4.38. The van der Waals surface area contributed by atoms with E-state index in [2.05, 4.69) is 5.32 Å². The van der Waals surface area contributed by atoms with E-state index in [-0.39, 0.29) is 6.61 Å². The Hall–Kier alpha value is -2.08. The van der Waals surface area contributed by atoms with Gasteiger partial charge < -0.3 is 20.9 Å². The van der Waals surface area contributed by atoms with E-state index in [1.807, 2.05) is 30.3 Å². The van der Waals surface area contributed by atoms with E-state index in [1.54, 1.807) is 0 Å². The number of nitrogens with one attached hydrogen (secondary N) is 1. The Labute approximate surface area is 117 Å². The van der Waals surface area contributed by atoms with Crippen LogP contribution in [0.5, 0.6) is 0 Å². The molecule has 0 unspecified atom stereocenters. The van der Waals surface area contributed by atoms with E-state index >= 15 is 0 Å².